The number of benzene rings is 1. The van der Waals surface area contributed by atoms with E-state index < -0.39 is 0 Å². The zero-order valence-corrected chi connectivity index (χ0v) is 14.5. The molecule has 1 fully saturated rings. The number of hydrogen-bond donors (Lipinski definition) is 2. The van der Waals surface area contributed by atoms with Gasteiger partial charge in [-0.3, -0.25) is 4.98 Å². The molecule has 0 unspecified atom stereocenters. The molecule has 1 aliphatic rings. The molecule has 0 saturated carbocycles. The molecule has 1 aromatic carbocycles. The van der Waals surface area contributed by atoms with Crippen molar-refractivity contribution < 1.29 is 0 Å². The third-order valence-corrected chi connectivity index (χ3v) is 4.76. The molecule has 0 aliphatic carbocycles. The molecule has 0 amide bonds. The molecule has 5 nitrogen and oxygen atoms in total. The van der Waals surface area contributed by atoms with Crippen LogP contribution in [0.5, 0.6) is 0 Å². The smallest absolute Gasteiger partial charge is 0.154 e. The largest absolute Gasteiger partial charge is 0.368 e. The van der Waals surface area contributed by atoms with Crippen molar-refractivity contribution in [2.24, 2.45) is 5.92 Å². The van der Waals surface area contributed by atoms with Crippen molar-refractivity contribution in [3.8, 4) is 11.3 Å². The highest BCUT2D eigenvalue weighted by molar-refractivity contribution is 5.88. The highest BCUT2D eigenvalue weighted by atomic mass is 15.0. The van der Waals surface area contributed by atoms with Gasteiger partial charge in [-0.25, -0.2) is 9.97 Å². The summed E-state index contributed by atoms with van der Waals surface area (Å²) in [6, 6.07) is 10.4. The van der Waals surface area contributed by atoms with E-state index in [-0.39, 0.29) is 0 Å². The van der Waals surface area contributed by atoms with Crippen LogP contribution in [-0.4, -0.2) is 34.6 Å². The fraction of sp³-hybridized carbons (Fsp3) is 0.350. The molecule has 3 heterocycles. The monoisotopic (exact) mass is 333 g/mol. The van der Waals surface area contributed by atoms with Gasteiger partial charge in [-0.05, 0) is 44.8 Å². The fourth-order valence-corrected chi connectivity index (χ4v) is 3.31. The highest BCUT2D eigenvalue weighted by Gasteiger charge is 2.15. The first-order valence-corrected chi connectivity index (χ1v) is 8.93. The van der Waals surface area contributed by atoms with Crippen LogP contribution in [0.4, 0.5) is 5.82 Å². The van der Waals surface area contributed by atoms with Crippen LogP contribution in [0.25, 0.3) is 22.3 Å². The van der Waals surface area contributed by atoms with Crippen molar-refractivity contribution in [2.45, 2.75) is 19.8 Å². The lowest BCUT2D eigenvalue weighted by Gasteiger charge is -2.23. The average Bonchev–Trinajstić information content (AvgIpc) is 2.67. The second kappa shape index (κ2) is 7.15. The van der Waals surface area contributed by atoms with Crippen LogP contribution in [0.3, 0.4) is 0 Å². The Morgan fingerprint density at radius 2 is 2.00 bits per heavy atom. The predicted octanol–water partition coefficient (Wildman–Crippen LogP) is 3.41. The molecular formula is C20H23N5. The maximum Gasteiger partial charge on any atom is 0.154 e. The minimum absolute atomic E-state index is 0.630. The van der Waals surface area contributed by atoms with E-state index in [4.69, 9.17) is 4.98 Å². The van der Waals surface area contributed by atoms with Gasteiger partial charge in [0.2, 0.25) is 0 Å². The van der Waals surface area contributed by atoms with E-state index in [2.05, 4.69) is 51.8 Å². The second-order valence-corrected chi connectivity index (χ2v) is 6.74. The Balaban J connectivity index is 1.67. The highest BCUT2D eigenvalue weighted by Crippen LogP contribution is 2.26. The molecule has 2 N–H and O–H groups in total. The fourth-order valence-electron chi connectivity index (χ4n) is 3.31. The van der Waals surface area contributed by atoms with E-state index in [0.717, 1.165) is 47.7 Å². The standard InChI is InChI=1S/C20H23N5/c1-14-4-6-16(7-5-14)17-11-18-19(23-10-9-22-18)20(25-17)24-13-15-3-2-8-21-12-15/h4-7,9-11,15,21H,2-3,8,12-13H2,1H3,(H,24,25)/t15-/m0/s1. The average molecular weight is 333 g/mol. The Morgan fingerprint density at radius 1 is 1.16 bits per heavy atom. The zero-order valence-electron chi connectivity index (χ0n) is 14.5. The summed E-state index contributed by atoms with van der Waals surface area (Å²) in [7, 11) is 0. The van der Waals surface area contributed by atoms with Gasteiger partial charge in [0.1, 0.15) is 5.52 Å². The number of nitrogens with one attached hydrogen (secondary N) is 2. The van der Waals surface area contributed by atoms with Crippen LogP contribution < -0.4 is 10.6 Å². The molecule has 0 bridgehead atoms. The minimum atomic E-state index is 0.630. The number of hydrogen-bond acceptors (Lipinski definition) is 5. The Labute approximate surface area is 147 Å². The number of anilines is 1. The molecule has 3 aromatic rings. The topological polar surface area (TPSA) is 62.7 Å². The van der Waals surface area contributed by atoms with Crippen molar-refractivity contribution in [3.63, 3.8) is 0 Å². The van der Waals surface area contributed by atoms with Gasteiger partial charge in [0.25, 0.3) is 0 Å². The van der Waals surface area contributed by atoms with Gasteiger partial charge in [-0.1, -0.05) is 29.8 Å². The van der Waals surface area contributed by atoms with E-state index in [1.54, 1.807) is 12.4 Å². The van der Waals surface area contributed by atoms with E-state index >= 15 is 0 Å². The first-order valence-electron chi connectivity index (χ1n) is 8.93. The van der Waals surface area contributed by atoms with Gasteiger partial charge in [0.05, 0.1) is 11.2 Å². The van der Waals surface area contributed by atoms with Crippen molar-refractivity contribution in [1.29, 1.82) is 0 Å². The minimum Gasteiger partial charge on any atom is -0.368 e. The van der Waals surface area contributed by atoms with Crippen LogP contribution in [0.2, 0.25) is 0 Å². The van der Waals surface area contributed by atoms with Gasteiger partial charge in [0.15, 0.2) is 5.82 Å². The lowest BCUT2D eigenvalue weighted by Crippen LogP contribution is -2.33. The van der Waals surface area contributed by atoms with Gasteiger partial charge in [-0.15, -0.1) is 0 Å². The summed E-state index contributed by atoms with van der Waals surface area (Å²) >= 11 is 0. The number of aromatic nitrogens is 3. The molecule has 25 heavy (non-hydrogen) atoms. The number of nitrogens with zero attached hydrogens (tertiary/aromatic N) is 3. The molecule has 5 heteroatoms. The van der Waals surface area contributed by atoms with Crippen molar-refractivity contribution in [3.05, 3.63) is 48.3 Å². The van der Waals surface area contributed by atoms with Crippen molar-refractivity contribution in [2.75, 3.05) is 25.0 Å². The first kappa shape index (κ1) is 16.0. The summed E-state index contributed by atoms with van der Waals surface area (Å²) < 4.78 is 0. The Hall–Kier alpha value is -2.53. The summed E-state index contributed by atoms with van der Waals surface area (Å²) in [5.74, 6) is 1.46. The van der Waals surface area contributed by atoms with Crippen LogP contribution in [0.1, 0.15) is 18.4 Å². The van der Waals surface area contributed by atoms with Crippen molar-refractivity contribution in [1.82, 2.24) is 20.3 Å². The molecule has 0 spiro atoms. The molecule has 4 rings (SSSR count). The van der Waals surface area contributed by atoms with E-state index in [1.807, 2.05) is 6.07 Å². The third-order valence-electron chi connectivity index (χ3n) is 4.76. The SMILES string of the molecule is Cc1ccc(-c2cc3nccnc3c(NC[C@H]3CCCNC3)n2)cc1. The summed E-state index contributed by atoms with van der Waals surface area (Å²) in [5.41, 5.74) is 4.98. The molecule has 1 saturated heterocycles. The van der Waals surface area contributed by atoms with Gasteiger partial charge < -0.3 is 10.6 Å². The predicted molar refractivity (Wildman–Crippen MR) is 102 cm³/mol. The van der Waals surface area contributed by atoms with Crippen LogP contribution >= 0.6 is 0 Å². The summed E-state index contributed by atoms with van der Waals surface area (Å²) in [5, 5.41) is 6.99. The quantitative estimate of drug-likeness (QED) is 0.766. The number of piperidine rings is 1. The normalized spacial score (nSPS) is 17.6. The molecule has 1 aliphatic heterocycles. The summed E-state index contributed by atoms with van der Waals surface area (Å²) in [6.45, 7) is 5.19. The molecule has 0 radical (unpaired) electrons. The zero-order chi connectivity index (χ0) is 17.1. The van der Waals surface area contributed by atoms with E-state index in [0.29, 0.717) is 5.92 Å². The van der Waals surface area contributed by atoms with Gasteiger partial charge in [-0.2, -0.15) is 0 Å². The number of pyridine rings is 1. The van der Waals surface area contributed by atoms with E-state index in [1.165, 1.54) is 18.4 Å². The number of fused-ring (bicyclic) bond motifs is 1. The Bertz CT molecular complexity index is 854. The van der Waals surface area contributed by atoms with Crippen LogP contribution in [0, 0.1) is 12.8 Å². The second-order valence-electron chi connectivity index (χ2n) is 6.74. The maximum atomic E-state index is 4.85. The summed E-state index contributed by atoms with van der Waals surface area (Å²) in [6.07, 6.45) is 5.95. The van der Waals surface area contributed by atoms with Gasteiger partial charge in [0, 0.05) is 24.5 Å². The molecular weight excluding hydrogens is 310 g/mol. The summed E-state index contributed by atoms with van der Waals surface area (Å²) in [4.78, 5) is 13.8. The first-order chi connectivity index (χ1) is 12.3. The van der Waals surface area contributed by atoms with Crippen molar-refractivity contribution >= 4 is 16.9 Å². The van der Waals surface area contributed by atoms with Gasteiger partial charge >= 0.3 is 0 Å². The lowest BCUT2D eigenvalue weighted by atomic mass is 10.00. The Morgan fingerprint density at radius 3 is 2.80 bits per heavy atom. The molecule has 128 valence electrons. The number of aryl methyl sites for hydroxylation is 1. The van der Waals surface area contributed by atoms with Crippen LogP contribution in [0.15, 0.2) is 42.7 Å². The van der Waals surface area contributed by atoms with E-state index in [9.17, 15) is 0 Å². The lowest BCUT2D eigenvalue weighted by molar-refractivity contribution is 0.392. The molecule has 1 atom stereocenters. The Kier molecular flexibility index (Phi) is 4.57. The van der Waals surface area contributed by atoms with Crippen LogP contribution in [-0.2, 0) is 0 Å². The maximum absolute atomic E-state index is 4.85. The third kappa shape index (κ3) is 3.61. The number of rotatable bonds is 4. The molecule has 2 aromatic heterocycles.